The molecule has 0 radical (unpaired) electrons. The maximum atomic E-state index is 11.0. The highest BCUT2D eigenvalue weighted by molar-refractivity contribution is 14.1. The van der Waals surface area contributed by atoms with Crippen molar-refractivity contribution in [2.75, 3.05) is 0 Å². The van der Waals surface area contributed by atoms with Crippen LogP contribution in [0, 0.1) is 7.14 Å². The molecule has 0 aromatic heterocycles. The highest BCUT2D eigenvalue weighted by Crippen LogP contribution is 2.25. The van der Waals surface area contributed by atoms with Crippen molar-refractivity contribution in [3.63, 3.8) is 0 Å². The summed E-state index contributed by atoms with van der Waals surface area (Å²) in [5, 5.41) is 1.76. The molecule has 0 fully saturated rings. The summed E-state index contributed by atoms with van der Waals surface area (Å²) in [6.45, 7) is 0. The Hall–Kier alpha value is 0.0700. The predicted molar refractivity (Wildman–Crippen MR) is 79.2 cm³/mol. The SMILES string of the molecule is O=S(=O)(O)c1ccc2cc(I)c(I)cc2c1. The summed E-state index contributed by atoms with van der Waals surface area (Å²) in [5.41, 5.74) is 0. The van der Waals surface area contributed by atoms with Crippen LogP contribution in [0.5, 0.6) is 0 Å². The van der Waals surface area contributed by atoms with Gasteiger partial charge in [-0.3, -0.25) is 4.55 Å². The standard InChI is InChI=1S/C10H6I2O3S/c11-9-4-6-1-2-8(16(13,14)15)3-7(6)5-10(9)12/h1-5H,(H,13,14,15). The number of fused-ring (bicyclic) bond motifs is 1. The smallest absolute Gasteiger partial charge is 0.282 e. The normalized spacial score (nSPS) is 11.9. The molecule has 0 saturated heterocycles. The van der Waals surface area contributed by atoms with Crippen LogP contribution < -0.4 is 0 Å². The lowest BCUT2D eigenvalue weighted by molar-refractivity contribution is 0.483. The zero-order chi connectivity index (χ0) is 11.9. The van der Waals surface area contributed by atoms with Crippen LogP contribution in [-0.2, 0) is 10.1 Å². The van der Waals surface area contributed by atoms with Gasteiger partial charge in [0.2, 0.25) is 0 Å². The van der Waals surface area contributed by atoms with E-state index in [0.29, 0.717) is 0 Å². The molecule has 0 amide bonds. The minimum atomic E-state index is -4.12. The molecule has 6 heteroatoms. The van der Waals surface area contributed by atoms with E-state index >= 15 is 0 Å². The van der Waals surface area contributed by atoms with E-state index in [1.807, 2.05) is 12.1 Å². The fraction of sp³-hybridized carbons (Fsp3) is 0. The van der Waals surface area contributed by atoms with Crippen LogP contribution in [0.2, 0.25) is 0 Å². The summed E-state index contributed by atoms with van der Waals surface area (Å²) in [6.07, 6.45) is 0. The van der Waals surface area contributed by atoms with Crippen molar-refractivity contribution in [3.05, 3.63) is 37.5 Å². The molecule has 0 spiro atoms. The summed E-state index contributed by atoms with van der Waals surface area (Å²) < 4.78 is 33.1. The molecule has 0 aliphatic carbocycles. The van der Waals surface area contributed by atoms with Crippen molar-refractivity contribution in [3.8, 4) is 0 Å². The molecule has 0 aliphatic rings. The molecule has 1 N–H and O–H groups in total. The maximum absolute atomic E-state index is 11.0. The molecule has 2 rings (SSSR count). The number of hydrogen-bond donors (Lipinski definition) is 1. The van der Waals surface area contributed by atoms with Crippen molar-refractivity contribution in [1.82, 2.24) is 0 Å². The molecule has 0 atom stereocenters. The average Bonchev–Trinajstić information content (AvgIpc) is 2.17. The van der Waals surface area contributed by atoms with E-state index in [0.717, 1.165) is 17.9 Å². The molecular formula is C10H6I2O3S. The van der Waals surface area contributed by atoms with Gasteiger partial charge >= 0.3 is 0 Å². The zero-order valence-electron chi connectivity index (χ0n) is 7.81. The van der Waals surface area contributed by atoms with Crippen molar-refractivity contribution in [2.24, 2.45) is 0 Å². The van der Waals surface area contributed by atoms with Crippen LogP contribution in [0.4, 0.5) is 0 Å². The van der Waals surface area contributed by atoms with Crippen molar-refractivity contribution >= 4 is 66.1 Å². The summed E-state index contributed by atoms with van der Waals surface area (Å²) >= 11 is 4.41. The summed E-state index contributed by atoms with van der Waals surface area (Å²) in [5.74, 6) is 0. The van der Waals surface area contributed by atoms with Gasteiger partial charge in [-0.25, -0.2) is 0 Å². The number of hydrogen-bond acceptors (Lipinski definition) is 2. The van der Waals surface area contributed by atoms with Crippen molar-refractivity contribution < 1.29 is 13.0 Å². The van der Waals surface area contributed by atoms with Crippen LogP contribution >= 0.6 is 45.2 Å². The molecule has 0 saturated carbocycles. The van der Waals surface area contributed by atoms with Crippen LogP contribution in [0.25, 0.3) is 10.8 Å². The van der Waals surface area contributed by atoms with Gasteiger partial charge in [-0.05, 0) is 80.2 Å². The molecule has 2 aromatic rings. The second kappa shape index (κ2) is 4.39. The van der Waals surface area contributed by atoms with Crippen molar-refractivity contribution in [1.29, 1.82) is 0 Å². The van der Waals surface area contributed by atoms with Crippen LogP contribution in [0.15, 0.2) is 35.2 Å². The molecule has 0 bridgehead atoms. The second-order valence-electron chi connectivity index (χ2n) is 3.25. The average molecular weight is 460 g/mol. The highest BCUT2D eigenvalue weighted by Gasteiger charge is 2.10. The monoisotopic (exact) mass is 460 g/mol. The van der Waals surface area contributed by atoms with Gasteiger partial charge in [0.1, 0.15) is 0 Å². The topological polar surface area (TPSA) is 54.4 Å². The molecule has 3 nitrogen and oxygen atoms in total. The third kappa shape index (κ3) is 2.49. The third-order valence-electron chi connectivity index (χ3n) is 2.15. The van der Waals surface area contributed by atoms with Gasteiger partial charge in [0.25, 0.3) is 10.1 Å². The Labute approximate surface area is 120 Å². The second-order valence-corrected chi connectivity index (χ2v) is 7.00. The number of rotatable bonds is 1. The first-order chi connectivity index (χ1) is 7.38. The quantitative estimate of drug-likeness (QED) is 0.526. The van der Waals surface area contributed by atoms with Crippen LogP contribution in [0.1, 0.15) is 0 Å². The van der Waals surface area contributed by atoms with Crippen molar-refractivity contribution in [2.45, 2.75) is 4.90 Å². The van der Waals surface area contributed by atoms with E-state index in [9.17, 15) is 8.42 Å². The van der Waals surface area contributed by atoms with Gasteiger partial charge in [0.15, 0.2) is 0 Å². The lowest BCUT2D eigenvalue weighted by atomic mass is 10.1. The van der Waals surface area contributed by atoms with Gasteiger partial charge in [-0.1, -0.05) is 6.07 Å². The first kappa shape index (κ1) is 12.5. The Morgan fingerprint density at radius 3 is 2.06 bits per heavy atom. The predicted octanol–water partition coefficient (Wildman–Crippen LogP) is 3.30. The maximum Gasteiger partial charge on any atom is 0.294 e. The Bertz CT molecular complexity index is 665. The molecule has 0 unspecified atom stereocenters. The van der Waals surface area contributed by atoms with E-state index < -0.39 is 10.1 Å². The first-order valence-electron chi connectivity index (χ1n) is 4.24. The minimum absolute atomic E-state index is 0.0722. The fourth-order valence-corrected chi connectivity index (χ4v) is 2.88. The Morgan fingerprint density at radius 1 is 0.938 bits per heavy atom. The summed E-state index contributed by atoms with van der Waals surface area (Å²) in [6, 6.07) is 8.44. The Kier molecular flexibility index (Phi) is 3.44. The largest absolute Gasteiger partial charge is 0.294 e. The van der Waals surface area contributed by atoms with E-state index in [1.165, 1.54) is 12.1 Å². The highest BCUT2D eigenvalue weighted by atomic mass is 127. The Morgan fingerprint density at radius 2 is 1.50 bits per heavy atom. The Balaban J connectivity index is 2.77. The first-order valence-corrected chi connectivity index (χ1v) is 7.84. The number of benzene rings is 2. The number of halogens is 2. The summed E-state index contributed by atoms with van der Waals surface area (Å²) in [4.78, 5) is -0.0722. The fourth-order valence-electron chi connectivity index (χ4n) is 1.38. The van der Waals surface area contributed by atoms with Gasteiger partial charge < -0.3 is 0 Å². The van der Waals surface area contributed by atoms with E-state index in [4.69, 9.17) is 4.55 Å². The van der Waals surface area contributed by atoms with Gasteiger partial charge in [0, 0.05) is 7.14 Å². The lowest BCUT2D eigenvalue weighted by Gasteiger charge is -2.03. The van der Waals surface area contributed by atoms with Crippen LogP contribution in [-0.4, -0.2) is 13.0 Å². The van der Waals surface area contributed by atoms with Crippen LogP contribution in [0.3, 0.4) is 0 Å². The molecular weight excluding hydrogens is 454 g/mol. The lowest BCUT2D eigenvalue weighted by Crippen LogP contribution is -1.97. The molecule has 16 heavy (non-hydrogen) atoms. The molecule has 84 valence electrons. The molecule has 2 aromatic carbocycles. The van der Waals surface area contributed by atoms with E-state index in [2.05, 4.69) is 45.2 Å². The third-order valence-corrected chi connectivity index (χ3v) is 5.82. The van der Waals surface area contributed by atoms with Gasteiger partial charge in [-0.15, -0.1) is 0 Å². The molecule has 0 heterocycles. The van der Waals surface area contributed by atoms with E-state index in [1.54, 1.807) is 6.07 Å². The zero-order valence-corrected chi connectivity index (χ0v) is 12.9. The minimum Gasteiger partial charge on any atom is -0.282 e. The van der Waals surface area contributed by atoms with E-state index in [-0.39, 0.29) is 4.90 Å². The molecule has 0 aliphatic heterocycles. The van der Waals surface area contributed by atoms with Gasteiger partial charge in [-0.2, -0.15) is 8.42 Å². The summed E-state index contributed by atoms with van der Waals surface area (Å²) in [7, 11) is -4.12. The van der Waals surface area contributed by atoms with Gasteiger partial charge in [0.05, 0.1) is 4.90 Å².